The van der Waals surface area contributed by atoms with Gasteiger partial charge in [0.2, 0.25) is 5.75 Å². The maximum atomic E-state index is 9.92. The maximum Gasteiger partial charge on any atom is 0.250 e. The van der Waals surface area contributed by atoms with E-state index < -0.39 is 8.32 Å². The molecule has 2 rings (SSSR count). The third kappa shape index (κ3) is 5.38. The Hall–Kier alpha value is -3.40. The largest absolute Gasteiger partial charge is 0.541 e. The first kappa shape index (κ1) is 26.8. The van der Waals surface area contributed by atoms with Crippen LogP contribution in [-0.4, -0.2) is 58.6 Å². The molecule has 34 heavy (non-hydrogen) atoms. The number of hydrogen-bond donors (Lipinski definition) is 2. The molecule has 10 heteroatoms. The number of methoxy groups -OCH3 is 4. The first-order valence-electron chi connectivity index (χ1n) is 10.6. The molecule has 0 amide bonds. The van der Waals surface area contributed by atoms with Crippen LogP contribution < -0.4 is 23.4 Å². The van der Waals surface area contributed by atoms with Crippen molar-refractivity contribution in [2.75, 3.05) is 28.4 Å². The van der Waals surface area contributed by atoms with Gasteiger partial charge in [-0.15, -0.1) is 0 Å². The Morgan fingerprint density at radius 1 is 0.706 bits per heavy atom. The zero-order chi connectivity index (χ0) is 25.7. The van der Waals surface area contributed by atoms with Gasteiger partial charge < -0.3 is 33.8 Å². The summed E-state index contributed by atoms with van der Waals surface area (Å²) in [5.41, 5.74) is 0.843. The van der Waals surface area contributed by atoms with Crippen LogP contribution in [0.15, 0.2) is 40.6 Å². The van der Waals surface area contributed by atoms with Crippen LogP contribution in [0, 0.1) is 0 Å². The van der Waals surface area contributed by atoms with Gasteiger partial charge >= 0.3 is 0 Å². The predicted molar refractivity (Wildman–Crippen MR) is 134 cm³/mol. The molecule has 0 spiro atoms. The number of benzene rings is 2. The van der Waals surface area contributed by atoms with Gasteiger partial charge in [0.25, 0.3) is 8.32 Å². The summed E-state index contributed by atoms with van der Waals surface area (Å²) in [6.07, 6.45) is 0. The summed E-state index contributed by atoms with van der Waals surface area (Å²) < 4.78 is 28.1. The average Bonchev–Trinajstić information content (AvgIpc) is 2.80. The monoisotopic (exact) mass is 490 g/mol. The fourth-order valence-electron chi connectivity index (χ4n) is 3.03. The van der Waals surface area contributed by atoms with Gasteiger partial charge in [-0.05, 0) is 48.5 Å². The van der Waals surface area contributed by atoms with Crippen LogP contribution >= 0.6 is 0 Å². The Morgan fingerprint density at radius 2 is 1.18 bits per heavy atom. The van der Waals surface area contributed by atoms with Gasteiger partial charge in [-0.2, -0.15) is 0 Å². The van der Waals surface area contributed by atoms with Crippen molar-refractivity contribution in [3.63, 3.8) is 0 Å². The highest BCUT2D eigenvalue weighted by atomic mass is 28.4. The minimum absolute atomic E-state index is 0.00908. The standard InChI is InChI=1S/C24H34N2O7Si/c1-24(2,3)34(8,9)33-18-12-15(10-11-17(18)29-4)21(25-27)22(26-28)16-13-19(30-5)23(32-7)20(14-16)31-6/h10-14,27-28H,1-9H3/b25-21+,26-22-. The molecule has 0 radical (unpaired) electrons. The average molecular weight is 491 g/mol. The lowest BCUT2D eigenvalue weighted by Gasteiger charge is -2.36. The quantitative estimate of drug-likeness (QED) is 0.216. The summed E-state index contributed by atoms with van der Waals surface area (Å²) in [6, 6.07) is 8.30. The second-order valence-corrected chi connectivity index (χ2v) is 13.8. The zero-order valence-electron chi connectivity index (χ0n) is 21.2. The summed E-state index contributed by atoms with van der Waals surface area (Å²) in [6.45, 7) is 10.7. The molecule has 0 aromatic heterocycles. The molecule has 2 aromatic carbocycles. The summed E-state index contributed by atoms with van der Waals surface area (Å²) in [7, 11) is 3.80. The molecular formula is C24H34N2O7Si. The number of rotatable bonds is 9. The number of nitrogens with zero attached hydrogens (tertiary/aromatic N) is 2. The second kappa shape index (κ2) is 10.7. The normalized spacial score (nSPS) is 12.9. The van der Waals surface area contributed by atoms with Gasteiger partial charge in [-0.3, -0.25) is 0 Å². The first-order chi connectivity index (χ1) is 16.0. The van der Waals surface area contributed by atoms with E-state index in [2.05, 4.69) is 44.2 Å². The third-order valence-electron chi connectivity index (χ3n) is 5.97. The van der Waals surface area contributed by atoms with Gasteiger partial charge in [0.05, 0.1) is 28.4 Å². The lowest BCUT2D eigenvalue weighted by atomic mass is 9.98. The van der Waals surface area contributed by atoms with Crippen LogP contribution in [-0.2, 0) is 0 Å². The van der Waals surface area contributed by atoms with E-state index in [0.29, 0.717) is 39.9 Å². The molecule has 0 saturated carbocycles. The number of ether oxygens (including phenoxy) is 4. The second-order valence-electron chi connectivity index (χ2n) is 9.04. The van der Waals surface area contributed by atoms with Crippen molar-refractivity contribution >= 4 is 19.7 Å². The number of hydrogen-bond acceptors (Lipinski definition) is 9. The van der Waals surface area contributed by atoms with Crippen molar-refractivity contribution < 1.29 is 33.8 Å². The Kier molecular flexibility index (Phi) is 8.44. The molecule has 0 heterocycles. The molecule has 0 saturated heterocycles. The molecule has 2 aromatic rings. The smallest absolute Gasteiger partial charge is 0.250 e. The molecular weight excluding hydrogens is 456 g/mol. The van der Waals surface area contributed by atoms with Crippen molar-refractivity contribution in [3.05, 3.63) is 41.5 Å². The van der Waals surface area contributed by atoms with Gasteiger partial charge in [0, 0.05) is 11.1 Å². The fourth-order valence-corrected chi connectivity index (χ4v) is 4.05. The van der Waals surface area contributed by atoms with Crippen molar-refractivity contribution in [2.24, 2.45) is 10.3 Å². The SMILES string of the molecule is COc1ccc(C(=N\O)/C(=N\O)c2cc(OC)c(OC)c(OC)c2)cc1O[Si](C)(C)C(C)(C)C. The van der Waals surface area contributed by atoms with E-state index in [1.165, 1.54) is 21.3 Å². The minimum atomic E-state index is -2.20. The third-order valence-corrected chi connectivity index (χ3v) is 10.3. The summed E-state index contributed by atoms with van der Waals surface area (Å²) in [4.78, 5) is 0. The predicted octanol–water partition coefficient (Wildman–Crippen LogP) is 5.16. The molecule has 2 N–H and O–H groups in total. The molecule has 0 bridgehead atoms. The van der Waals surface area contributed by atoms with Crippen LogP contribution in [0.3, 0.4) is 0 Å². The van der Waals surface area contributed by atoms with Crippen LogP contribution in [0.2, 0.25) is 18.1 Å². The summed E-state index contributed by atoms with van der Waals surface area (Å²) in [5, 5.41) is 26.6. The van der Waals surface area contributed by atoms with Crippen molar-refractivity contribution in [1.82, 2.24) is 0 Å². The molecule has 9 nitrogen and oxygen atoms in total. The molecule has 0 unspecified atom stereocenters. The Bertz CT molecular complexity index is 1050. The van der Waals surface area contributed by atoms with Crippen LogP contribution in [0.5, 0.6) is 28.7 Å². The molecule has 0 aliphatic rings. The molecule has 0 aliphatic heterocycles. The van der Waals surface area contributed by atoms with Gasteiger partial charge in [0.15, 0.2) is 17.2 Å². The zero-order valence-corrected chi connectivity index (χ0v) is 22.2. The highest BCUT2D eigenvalue weighted by Crippen LogP contribution is 2.41. The van der Waals surface area contributed by atoms with E-state index in [0.717, 1.165) is 0 Å². The Morgan fingerprint density at radius 3 is 1.59 bits per heavy atom. The van der Waals surface area contributed by atoms with E-state index in [1.54, 1.807) is 37.4 Å². The van der Waals surface area contributed by atoms with Crippen LogP contribution in [0.4, 0.5) is 0 Å². The lowest BCUT2D eigenvalue weighted by molar-refractivity contribution is 0.314. The highest BCUT2D eigenvalue weighted by Gasteiger charge is 2.39. The highest BCUT2D eigenvalue weighted by molar-refractivity contribution is 6.74. The number of oxime groups is 2. The van der Waals surface area contributed by atoms with E-state index >= 15 is 0 Å². The molecule has 0 aliphatic carbocycles. The molecule has 186 valence electrons. The summed E-state index contributed by atoms with van der Waals surface area (Å²) >= 11 is 0. The molecule has 0 fully saturated rings. The Balaban J connectivity index is 2.62. The van der Waals surface area contributed by atoms with Crippen molar-refractivity contribution in [1.29, 1.82) is 0 Å². The van der Waals surface area contributed by atoms with E-state index in [9.17, 15) is 10.4 Å². The maximum absolute atomic E-state index is 9.92. The van der Waals surface area contributed by atoms with E-state index in [4.69, 9.17) is 23.4 Å². The fraction of sp³-hybridized carbons (Fsp3) is 0.417. The minimum Gasteiger partial charge on any atom is -0.541 e. The van der Waals surface area contributed by atoms with E-state index in [-0.39, 0.29) is 16.5 Å². The topological polar surface area (TPSA) is 111 Å². The van der Waals surface area contributed by atoms with E-state index in [1.807, 2.05) is 0 Å². The van der Waals surface area contributed by atoms with Gasteiger partial charge in [-0.25, -0.2) is 0 Å². The lowest BCUT2D eigenvalue weighted by Crippen LogP contribution is -2.44. The van der Waals surface area contributed by atoms with Crippen molar-refractivity contribution in [3.8, 4) is 28.7 Å². The van der Waals surface area contributed by atoms with Gasteiger partial charge in [0.1, 0.15) is 17.2 Å². The van der Waals surface area contributed by atoms with Gasteiger partial charge in [-0.1, -0.05) is 31.1 Å². The van der Waals surface area contributed by atoms with Crippen LogP contribution in [0.1, 0.15) is 31.9 Å². The van der Waals surface area contributed by atoms with Crippen LogP contribution in [0.25, 0.3) is 0 Å². The molecule has 0 atom stereocenters. The van der Waals surface area contributed by atoms with Crippen molar-refractivity contribution in [2.45, 2.75) is 38.9 Å². The Labute approximate surface area is 201 Å². The first-order valence-corrected chi connectivity index (χ1v) is 13.5. The summed E-state index contributed by atoms with van der Waals surface area (Å²) in [5.74, 6) is 2.14.